The number of nitrogens with zero attached hydrogens (tertiary/aromatic N) is 1. The SMILES string of the molecule is C=CCCC[C@H](N)C(=O)N(C)[C@H](C)[C@@H](O)c1ccccc1. The molecule has 1 aromatic rings. The molecule has 0 aromatic heterocycles. The standard InChI is InChI=1S/C17H26N2O2/c1-4-5-7-12-15(18)17(21)19(3)13(2)16(20)14-10-8-6-9-11-14/h4,6,8-11,13,15-16,20H,1,5,7,12,18H2,2-3H3/t13-,15+,16-/m1/s1. The van der Waals surface area contributed by atoms with Crippen molar-refractivity contribution in [1.82, 2.24) is 4.90 Å². The lowest BCUT2D eigenvalue weighted by Gasteiger charge is -2.31. The summed E-state index contributed by atoms with van der Waals surface area (Å²) in [6.45, 7) is 5.48. The third-order valence-corrected chi connectivity index (χ3v) is 3.80. The molecule has 1 rings (SSSR count). The maximum absolute atomic E-state index is 12.3. The van der Waals surface area contributed by atoms with Crippen LogP contribution >= 0.6 is 0 Å². The molecule has 0 fully saturated rings. The Bertz CT molecular complexity index is 447. The van der Waals surface area contributed by atoms with Crippen LogP contribution in [0.25, 0.3) is 0 Å². The van der Waals surface area contributed by atoms with Gasteiger partial charge in [-0.3, -0.25) is 4.79 Å². The lowest BCUT2D eigenvalue weighted by molar-refractivity contribution is -0.135. The summed E-state index contributed by atoms with van der Waals surface area (Å²) in [5, 5.41) is 10.4. The number of unbranched alkanes of at least 4 members (excludes halogenated alkanes) is 1. The molecule has 0 spiro atoms. The fourth-order valence-corrected chi connectivity index (χ4v) is 2.21. The summed E-state index contributed by atoms with van der Waals surface area (Å²) in [7, 11) is 1.69. The molecule has 0 aliphatic carbocycles. The zero-order valence-corrected chi connectivity index (χ0v) is 12.9. The van der Waals surface area contributed by atoms with Crippen molar-refractivity contribution in [3.05, 3.63) is 48.6 Å². The van der Waals surface area contributed by atoms with E-state index in [0.717, 1.165) is 18.4 Å². The minimum atomic E-state index is -0.722. The maximum atomic E-state index is 12.3. The Morgan fingerprint density at radius 1 is 1.43 bits per heavy atom. The van der Waals surface area contributed by atoms with Crippen LogP contribution in [0, 0.1) is 0 Å². The molecule has 1 amide bonds. The molecule has 3 atom stereocenters. The molecule has 0 saturated carbocycles. The number of hydrogen-bond acceptors (Lipinski definition) is 3. The lowest BCUT2D eigenvalue weighted by Crippen LogP contribution is -2.47. The van der Waals surface area contributed by atoms with E-state index in [-0.39, 0.29) is 11.9 Å². The highest BCUT2D eigenvalue weighted by molar-refractivity contribution is 5.81. The van der Waals surface area contributed by atoms with Crippen molar-refractivity contribution in [2.45, 2.75) is 44.4 Å². The Kier molecular flexibility index (Phi) is 7.12. The molecule has 0 unspecified atom stereocenters. The van der Waals surface area contributed by atoms with Crippen LogP contribution in [0.3, 0.4) is 0 Å². The second-order valence-corrected chi connectivity index (χ2v) is 5.37. The van der Waals surface area contributed by atoms with Crippen molar-refractivity contribution in [1.29, 1.82) is 0 Å². The third-order valence-electron chi connectivity index (χ3n) is 3.80. The number of carbonyl (C=O) groups is 1. The van der Waals surface area contributed by atoms with Crippen LogP contribution in [0.2, 0.25) is 0 Å². The van der Waals surface area contributed by atoms with E-state index in [2.05, 4.69) is 6.58 Å². The minimum absolute atomic E-state index is 0.137. The molecule has 0 radical (unpaired) electrons. The highest BCUT2D eigenvalue weighted by Crippen LogP contribution is 2.20. The van der Waals surface area contributed by atoms with Gasteiger partial charge in [0.1, 0.15) is 0 Å². The van der Waals surface area contributed by atoms with Gasteiger partial charge in [0.15, 0.2) is 0 Å². The molecule has 116 valence electrons. The fourth-order valence-electron chi connectivity index (χ4n) is 2.21. The molecule has 3 N–H and O–H groups in total. The van der Waals surface area contributed by atoms with E-state index in [1.807, 2.05) is 43.3 Å². The number of nitrogens with two attached hydrogens (primary N) is 1. The number of hydrogen-bond donors (Lipinski definition) is 2. The van der Waals surface area contributed by atoms with Crippen LogP contribution in [0.5, 0.6) is 0 Å². The van der Waals surface area contributed by atoms with Crippen molar-refractivity contribution < 1.29 is 9.90 Å². The average Bonchev–Trinajstić information content (AvgIpc) is 2.52. The first-order valence-electron chi connectivity index (χ1n) is 7.35. The molecule has 0 aliphatic heterocycles. The zero-order chi connectivity index (χ0) is 15.8. The first kappa shape index (κ1) is 17.4. The van der Waals surface area contributed by atoms with Gasteiger partial charge < -0.3 is 15.7 Å². The number of carbonyl (C=O) groups excluding carboxylic acids is 1. The Morgan fingerprint density at radius 2 is 2.05 bits per heavy atom. The summed E-state index contributed by atoms with van der Waals surface area (Å²) < 4.78 is 0. The van der Waals surface area contributed by atoms with Crippen LogP contribution in [-0.2, 0) is 4.79 Å². The van der Waals surface area contributed by atoms with Gasteiger partial charge in [0.25, 0.3) is 0 Å². The molecule has 4 heteroatoms. The van der Waals surface area contributed by atoms with Gasteiger partial charge in [-0.15, -0.1) is 6.58 Å². The Labute approximate surface area is 127 Å². The molecule has 1 aromatic carbocycles. The Morgan fingerprint density at radius 3 is 2.62 bits per heavy atom. The number of rotatable bonds is 8. The van der Waals surface area contributed by atoms with Gasteiger partial charge in [0, 0.05) is 7.05 Å². The first-order valence-corrected chi connectivity index (χ1v) is 7.35. The van der Waals surface area contributed by atoms with Crippen molar-refractivity contribution >= 4 is 5.91 Å². The number of amides is 1. The van der Waals surface area contributed by atoms with E-state index in [4.69, 9.17) is 5.73 Å². The normalized spacial score (nSPS) is 15.0. The molecular formula is C17H26N2O2. The molecule has 0 heterocycles. The summed E-state index contributed by atoms with van der Waals surface area (Å²) in [5.74, 6) is -0.137. The van der Waals surface area contributed by atoms with E-state index in [1.54, 1.807) is 7.05 Å². The van der Waals surface area contributed by atoms with E-state index < -0.39 is 12.1 Å². The predicted molar refractivity (Wildman–Crippen MR) is 85.7 cm³/mol. The van der Waals surface area contributed by atoms with Crippen molar-refractivity contribution in [2.24, 2.45) is 5.73 Å². The topological polar surface area (TPSA) is 66.6 Å². The smallest absolute Gasteiger partial charge is 0.239 e. The maximum Gasteiger partial charge on any atom is 0.239 e. The fraction of sp³-hybridized carbons (Fsp3) is 0.471. The second-order valence-electron chi connectivity index (χ2n) is 5.37. The number of aliphatic hydroxyl groups excluding tert-OH is 1. The van der Waals surface area contributed by atoms with Crippen LogP contribution < -0.4 is 5.73 Å². The lowest BCUT2D eigenvalue weighted by atomic mass is 10.0. The third kappa shape index (κ3) is 4.99. The van der Waals surface area contributed by atoms with Crippen molar-refractivity contribution in [2.75, 3.05) is 7.05 Å². The second kappa shape index (κ2) is 8.60. The molecule has 0 aliphatic rings. The largest absolute Gasteiger partial charge is 0.386 e. The molecule has 4 nitrogen and oxygen atoms in total. The molecule has 0 saturated heterocycles. The molecule has 21 heavy (non-hydrogen) atoms. The summed E-state index contributed by atoms with van der Waals surface area (Å²) in [6, 6.07) is 8.48. The quantitative estimate of drug-likeness (QED) is 0.570. The van der Waals surface area contributed by atoms with Crippen LogP contribution in [0.1, 0.15) is 37.9 Å². The van der Waals surface area contributed by atoms with Gasteiger partial charge in [0.05, 0.1) is 18.2 Å². The Hall–Kier alpha value is -1.65. The van der Waals surface area contributed by atoms with Crippen molar-refractivity contribution in [3.8, 4) is 0 Å². The van der Waals surface area contributed by atoms with Gasteiger partial charge in [-0.2, -0.15) is 0 Å². The van der Waals surface area contributed by atoms with E-state index in [0.29, 0.717) is 6.42 Å². The van der Waals surface area contributed by atoms with E-state index in [9.17, 15) is 9.90 Å². The predicted octanol–water partition coefficient (Wildman–Crippen LogP) is 2.25. The van der Waals surface area contributed by atoms with Gasteiger partial charge in [0.2, 0.25) is 5.91 Å². The number of likely N-dealkylation sites (N-methyl/N-ethyl adjacent to an activating group) is 1. The highest BCUT2D eigenvalue weighted by atomic mass is 16.3. The first-order chi connectivity index (χ1) is 9.99. The summed E-state index contributed by atoms with van der Waals surface area (Å²) in [4.78, 5) is 13.8. The van der Waals surface area contributed by atoms with Crippen molar-refractivity contribution in [3.63, 3.8) is 0 Å². The zero-order valence-electron chi connectivity index (χ0n) is 12.9. The van der Waals surface area contributed by atoms with Crippen LogP contribution in [0.15, 0.2) is 43.0 Å². The number of aliphatic hydroxyl groups is 1. The average molecular weight is 290 g/mol. The van der Waals surface area contributed by atoms with Gasteiger partial charge >= 0.3 is 0 Å². The monoisotopic (exact) mass is 290 g/mol. The molecular weight excluding hydrogens is 264 g/mol. The van der Waals surface area contributed by atoms with Gasteiger partial charge in [-0.1, -0.05) is 36.4 Å². The summed E-state index contributed by atoms with van der Waals surface area (Å²) >= 11 is 0. The van der Waals surface area contributed by atoms with E-state index in [1.165, 1.54) is 4.90 Å². The summed E-state index contributed by atoms with van der Waals surface area (Å²) in [5.41, 5.74) is 6.72. The minimum Gasteiger partial charge on any atom is -0.386 e. The van der Waals surface area contributed by atoms with Crippen LogP contribution in [-0.4, -0.2) is 35.0 Å². The summed E-state index contributed by atoms with van der Waals surface area (Å²) in [6.07, 6.45) is 3.43. The van der Waals surface area contributed by atoms with Gasteiger partial charge in [-0.05, 0) is 31.7 Å². The van der Waals surface area contributed by atoms with Gasteiger partial charge in [-0.25, -0.2) is 0 Å². The Balaban J connectivity index is 2.62. The highest BCUT2D eigenvalue weighted by Gasteiger charge is 2.26. The van der Waals surface area contributed by atoms with E-state index >= 15 is 0 Å². The van der Waals surface area contributed by atoms with Crippen LogP contribution in [0.4, 0.5) is 0 Å². The molecule has 0 bridgehead atoms. The number of benzene rings is 1. The number of allylic oxidation sites excluding steroid dienone is 1.